The van der Waals surface area contributed by atoms with Crippen molar-refractivity contribution in [1.82, 2.24) is 4.98 Å². The Morgan fingerprint density at radius 1 is 1.44 bits per heavy atom. The van der Waals surface area contributed by atoms with Crippen LogP contribution in [0.25, 0.3) is 10.9 Å². The summed E-state index contributed by atoms with van der Waals surface area (Å²) in [4.78, 5) is 4.30. The van der Waals surface area contributed by atoms with Gasteiger partial charge in [-0.1, -0.05) is 16.8 Å². The molecule has 1 aromatic carbocycles. The maximum Gasteiger partial charge on any atom is 0.140 e. The molecule has 18 heavy (non-hydrogen) atoms. The average Bonchev–Trinajstić information content (AvgIpc) is 2.41. The second-order valence-corrected chi connectivity index (χ2v) is 4.17. The van der Waals surface area contributed by atoms with Crippen molar-refractivity contribution >= 4 is 34.0 Å². The van der Waals surface area contributed by atoms with E-state index in [2.05, 4.69) is 15.5 Å². The third-order valence-corrected chi connectivity index (χ3v) is 2.87. The Kier molecular flexibility index (Phi) is 3.84. The summed E-state index contributed by atoms with van der Waals surface area (Å²) in [5, 5.41) is 16.1. The highest BCUT2D eigenvalue weighted by Crippen LogP contribution is 2.27. The van der Waals surface area contributed by atoms with Crippen LogP contribution >= 0.6 is 11.6 Å². The summed E-state index contributed by atoms with van der Waals surface area (Å²) in [6, 6.07) is 7.44. The highest BCUT2D eigenvalue weighted by Gasteiger charge is 2.05. The molecule has 0 saturated heterocycles. The zero-order valence-electron chi connectivity index (χ0n) is 9.60. The number of hydrogen-bond donors (Lipinski definition) is 3. The fraction of sp³-hybridized carbons (Fsp3) is 0.167. The molecule has 0 radical (unpaired) electrons. The van der Waals surface area contributed by atoms with Crippen molar-refractivity contribution in [3.8, 4) is 0 Å². The van der Waals surface area contributed by atoms with Crippen molar-refractivity contribution in [3.63, 3.8) is 0 Å². The third-order valence-electron chi connectivity index (χ3n) is 2.54. The van der Waals surface area contributed by atoms with Gasteiger partial charge in [0.15, 0.2) is 0 Å². The van der Waals surface area contributed by atoms with E-state index in [0.717, 1.165) is 16.6 Å². The van der Waals surface area contributed by atoms with E-state index < -0.39 is 0 Å². The number of nitrogens with two attached hydrogens (primary N) is 1. The Morgan fingerprint density at radius 2 is 2.28 bits per heavy atom. The van der Waals surface area contributed by atoms with Gasteiger partial charge < -0.3 is 16.3 Å². The van der Waals surface area contributed by atoms with E-state index in [4.69, 9.17) is 22.5 Å². The first kappa shape index (κ1) is 12.4. The van der Waals surface area contributed by atoms with Crippen molar-refractivity contribution in [1.29, 1.82) is 0 Å². The first-order chi connectivity index (χ1) is 8.72. The standard InChI is InChI=1S/C12H13ClN4O/c13-9-3-4-10(15-7-5-11(14)17-18)12-8(9)2-1-6-16-12/h1-4,6,15,18H,5,7H2,(H2,14,17). The topological polar surface area (TPSA) is 83.5 Å². The number of anilines is 1. The number of oxime groups is 1. The summed E-state index contributed by atoms with van der Waals surface area (Å²) < 4.78 is 0. The summed E-state index contributed by atoms with van der Waals surface area (Å²) in [5.41, 5.74) is 7.08. The second kappa shape index (κ2) is 5.55. The van der Waals surface area contributed by atoms with Gasteiger partial charge in [-0.3, -0.25) is 4.98 Å². The highest BCUT2D eigenvalue weighted by atomic mass is 35.5. The smallest absolute Gasteiger partial charge is 0.140 e. The molecule has 0 aliphatic rings. The van der Waals surface area contributed by atoms with Gasteiger partial charge in [0.25, 0.3) is 0 Å². The number of nitrogens with one attached hydrogen (secondary N) is 1. The lowest BCUT2D eigenvalue weighted by atomic mass is 10.2. The molecule has 0 spiro atoms. The van der Waals surface area contributed by atoms with E-state index in [9.17, 15) is 0 Å². The number of pyridine rings is 1. The van der Waals surface area contributed by atoms with Crippen LogP contribution < -0.4 is 11.1 Å². The van der Waals surface area contributed by atoms with Gasteiger partial charge in [0.2, 0.25) is 0 Å². The largest absolute Gasteiger partial charge is 0.409 e. The number of rotatable bonds is 4. The Balaban J connectivity index is 2.21. The quantitative estimate of drug-likeness (QED) is 0.343. The number of nitrogens with zero attached hydrogens (tertiary/aromatic N) is 2. The van der Waals surface area contributed by atoms with Crippen LogP contribution in [0.4, 0.5) is 5.69 Å². The number of hydrogen-bond acceptors (Lipinski definition) is 4. The van der Waals surface area contributed by atoms with E-state index in [1.54, 1.807) is 6.20 Å². The molecule has 0 aliphatic carbocycles. The van der Waals surface area contributed by atoms with Gasteiger partial charge in [-0.15, -0.1) is 0 Å². The van der Waals surface area contributed by atoms with Crippen LogP contribution in [-0.2, 0) is 0 Å². The molecular weight excluding hydrogens is 252 g/mol. The SMILES string of the molecule is N/C(CCNc1ccc(Cl)c2cccnc12)=N/O. The molecule has 1 aromatic heterocycles. The number of fused-ring (bicyclic) bond motifs is 1. The second-order valence-electron chi connectivity index (χ2n) is 3.76. The highest BCUT2D eigenvalue weighted by molar-refractivity contribution is 6.35. The fourth-order valence-corrected chi connectivity index (χ4v) is 1.87. The molecule has 0 saturated carbocycles. The van der Waals surface area contributed by atoms with Gasteiger partial charge >= 0.3 is 0 Å². The first-order valence-electron chi connectivity index (χ1n) is 5.46. The Morgan fingerprint density at radius 3 is 3.06 bits per heavy atom. The van der Waals surface area contributed by atoms with E-state index in [-0.39, 0.29) is 5.84 Å². The van der Waals surface area contributed by atoms with Crippen molar-refractivity contribution in [3.05, 3.63) is 35.5 Å². The first-order valence-corrected chi connectivity index (χ1v) is 5.83. The van der Waals surface area contributed by atoms with Crippen molar-refractivity contribution in [2.75, 3.05) is 11.9 Å². The molecule has 2 aromatic rings. The molecule has 2 rings (SSSR count). The molecule has 1 heterocycles. The zero-order valence-corrected chi connectivity index (χ0v) is 10.4. The summed E-state index contributed by atoms with van der Waals surface area (Å²) in [7, 11) is 0. The van der Waals surface area contributed by atoms with Crippen molar-refractivity contribution < 1.29 is 5.21 Å². The summed E-state index contributed by atoms with van der Waals surface area (Å²) >= 11 is 6.10. The van der Waals surface area contributed by atoms with Gasteiger partial charge in [-0.05, 0) is 24.3 Å². The van der Waals surface area contributed by atoms with Gasteiger partial charge in [-0.2, -0.15) is 0 Å². The van der Waals surface area contributed by atoms with Crippen molar-refractivity contribution in [2.24, 2.45) is 10.9 Å². The van der Waals surface area contributed by atoms with E-state index in [0.29, 0.717) is 18.0 Å². The van der Waals surface area contributed by atoms with Crippen LogP contribution in [0, 0.1) is 0 Å². The summed E-state index contributed by atoms with van der Waals surface area (Å²) in [5.74, 6) is 0.189. The molecule has 4 N–H and O–H groups in total. The molecule has 0 amide bonds. The van der Waals surface area contributed by atoms with Gasteiger partial charge in [0, 0.05) is 24.5 Å². The third kappa shape index (κ3) is 2.62. The predicted octanol–water partition coefficient (Wildman–Crippen LogP) is 2.44. The number of halogens is 1. The van der Waals surface area contributed by atoms with Crippen LogP contribution in [0.15, 0.2) is 35.6 Å². The minimum absolute atomic E-state index is 0.189. The van der Waals surface area contributed by atoms with Crippen molar-refractivity contribution in [2.45, 2.75) is 6.42 Å². The Hall–Kier alpha value is -2.01. The van der Waals surface area contributed by atoms with Gasteiger partial charge in [-0.25, -0.2) is 0 Å². The molecule has 5 nitrogen and oxygen atoms in total. The molecule has 0 unspecified atom stereocenters. The molecule has 0 atom stereocenters. The fourth-order valence-electron chi connectivity index (χ4n) is 1.66. The number of amidine groups is 1. The molecule has 94 valence electrons. The predicted molar refractivity (Wildman–Crippen MR) is 73.3 cm³/mol. The lowest BCUT2D eigenvalue weighted by Crippen LogP contribution is -2.16. The Bertz CT molecular complexity index is 585. The van der Waals surface area contributed by atoms with E-state index >= 15 is 0 Å². The molecule has 0 fully saturated rings. The number of benzene rings is 1. The van der Waals surface area contributed by atoms with E-state index in [1.807, 2.05) is 24.3 Å². The van der Waals surface area contributed by atoms with Crippen LogP contribution in [0.3, 0.4) is 0 Å². The minimum Gasteiger partial charge on any atom is -0.409 e. The molecule has 0 bridgehead atoms. The lowest BCUT2D eigenvalue weighted by molar-refractivity contribution is 0.317. The lowest BCUT2D eigenvalue weighted by Gasteiger charge is -2.09. The zero-order chi connectivity index (χ0) is 13.0. The summed E-state index contributed by atoms with van der Waals surface area (Å²) in [6.45, 7) is 0.559. The van der Waals surface area contributed by atoms with Crippen LogP contribution in [0.1, 0.15) is 6.42 Å². The molecule has 0 aliphatic heterocycles. The number of aromatic nitrogens is 1. The normalized spacial score (nSPS) is 11.7. The molecule has 6 heteroatoms. The van der Waals surface area contributed by atoms with Crippen LogP contribution in [0.5, 0.6) is 0 Å². The maximum absolute atomic E-state index is 8.45. The Labute approximate surface area is 109 Å². The van der Waals surface area contributed by atoms with Crippen LogP contribution in [0.2, 0.25) is 5.02 Å². The average molecular weight is 265 g/mol. The van der Waals surface area contributed by atoms with E-state index in [1.165, 1.54) is 0 Å². The molecular formula is C12H13ClN4O. The monoisotopic (exact) mass is 264 g/mol. The van der Waals surface area contributed by atoms with Gasteiger partial charge in [0.1, 0.15) is 5.84 Å². The maximum atomic E-state index is 8.45. The van der Waals surface area contributed by atoms with Crippen LogP contribution in [-0.4, -0.2) is 22.6 Å². The summed E-state index contributed by atoms with van der Waals surface area (Å²) in [6.07, 6.45) is 2.17. The van der Waals surface area contributed by atoms with Gasteiger partial charge in [0.05, 0.1) is 16.2 Å². The minimum atomic E-state index is 0.189.